The Bertz CT molecular complexity index is 1220. The number of H-pyrrole nitrogens is 1. The van der Waals surface area contributed by atoms with Gasteiger partial charge in [0.2, 0.25) is 5.82 Å². The average molecular weight is 459 g/mol. The van der Waals surface area contributed by atoms with E-state index in [9.17, 15) is 4.79 Å². The predicted octanol–water partition coefficient (Wildman–Crippen LogP) is 5.47. The van der Waals surface area contributed by atoms with Gasteiger partial charge in [-0.15, -0.1) is 10.2 Å². The summed E-state index contributed by atoms with van der Waals surface area (Å²) in [5, 5.41) is 14.5. The van der Waals surface area contributed by atoms with Crippen LogP contribution in [0, 0.1) is 0 Å². The number of tetrazole rings is 1. The Morgan fingerprint density at radius 3 is 2.32 bits per heavy atom. The van der Waals surface area contributed by atoms with E-state index < -0.39 is 0 Å². The summed E-state index contributed by atoms with van der Waals surface area (Å²) in [6.07, 6.45) is 9.85. The molecule has 0 fully saturated rings. The molecule has 0 aliphatic rings. The number of aryl methyl sites for hydroxylation is 2. The minimum absolute atomic E-state index is 0.106. The van der Waals surface area contributed by atoms with Gasteiger partial charge in [0.05, 0.1) is 6.54 Å². The number of aromatic amines is 1. The van der Waals surface area contributed by atoms with E-state index in [1.54, 1.807) is 0 Å². The van der Waals surface area contributed by atoms with Crippen LogP contribution in [0.1, 0.15) is 63.6 Å². The fraction of sp³-hybridized carbons (Fsp3) is 0.407. The molecule has 0 aliphatic heterocycles. The Morgan fingerprint density at radius 1 is 0.882 bits per heavy atom. The fourth-order valence-electron chi connectivity index (χ4n) is 4.38. The highest BCUT2D eigenvalue weighted by Crippen LogP contribution is 2.29. The van der Waals surface area contributed by atoms with Crippen LogP contribution in [0.25, 0.3) is 22.5 Å². The molecule has 0 aliphatic carbocycles. The van der Waals surface area contributed by atoms with Crippen LogP contribution in [0.3, 0.4) is 0 Å². The Labute approximate surface area is 200 Å². The molecule has 0 spiro atoms. The van der Waals surface area contributed by atoms with Crippen LogP contribution in [0.4, 0.5) is 0 Å². The second-order valence-corrected chi connectivity index (χ2v) is 8.82. The lowest BCUT2D eigenvalue weighted by molar-refractivity contribution is 0.572. The molecular formula is C27H34N6O. The van der Waals surface area contributed by atoms with Crippen molar-refractivity contribution in [3.05, 3.63) is 76.5 Å². The van der Waals surface area contributed by atoms with Crippen molar-refractivity contribution in [1.29, 1.82) is 0 Å². The summed E-state index contributed by atoms with van der Waals surface area (Å²) in [6, 6.07) is 16.5. The predicted molar refractivity (Wildman–Crippen MR) is 136 cm³/mol. The minimum Gasteiger partial charge on any atom is -0.299 e. The summed E-state index contributed by atoms with van der Waals surface area (Å²) in [6.45, 7) is 5.79. The molecule has 34 heavy (non-hydrogen) atoms. The molecule has 7 nitrogen and oxygen atoms in total. The number of nitrogens with zero attached hydrogens (tertiary/aromatic N) is 5. The first-order valence-corrected chi connectivity index (χ1v) is 12.4. The van der Waals surface area contributed by atoms with Crippen molar-refractivity contribution in [2.45, 2.75) is 71.9 Å². The first-order valence-electron chi connectivity index (χ1n) is 12.4. The standard InChI is InChI=1S/C27H34N6O/c1-3-5-7-11-23-20-32(18-10-6-4-2)27(34)33(23)19-21-14-16-22(17-15-21)24-12-8-9-13-25(24)26-28-30-31-29-26/h8-9,12-17,20H,3-7,10-11,18-19H2,1-2H3,(H,28,29,30,31). The van der Waals surface area contributed by atoms with Gasteiger partial charge in [0.15, 0.2) is 0 Å². The van der Waals surface area contributed by atoms with Crippen LogP contribution in [0.2, 0.25) is 0 Å². The van der Waals surface area contributed by atoms with Gasteiger partial charge in [-0.3, -0.25) is 9.13 Å². The molecule has 4 rings (SSSR count). The van der Waals surface area contributed by atoms with Crippen LogP contribution in [0.5, 0.6) is 0 Å². The Kier molecular flexibility index (Phi) is 8.07. The van der Waals surface area contributed by atoms with Gasteiger partial charge < -0.3 is 0 Å². The lowest BCUT2D eigenvalue weighted by Crippen LogP contribution is -2.25. The average Bonchev–Trinajstić information content (AvgIpc) is 3.50. The van der Waals surface area contributed by atoms with Gasteiger partial charge >= 0.3 is 5.69 Å². The number of imidazole rings is 1. The third-order valence-corrected chi connectivity index (χ3v) is 6.29. The van der Waals surface area contributed by atoms with Crippen molar-refractivity contribution in [2.75, 3.05) is 0 Å². The lowest BCUT2D eigenvalue weighted by atomic mass is 9.98. The highest BCUT2D eigenvalue weighted by atomic mass is 16.1. The zero-order valence-corrected chi connectivity index (χ0v) is 20.2. The SMILES string of the molecule is CCCCCc1cn(CCCCC)c(=O)n1Cc1ccc(-c2ccccc2-c2nn[nH]n2)cc1. The van der Waals surface area contributed by atoms with E-state index in [0.717, 1.165) is 66.6 Å². The second-order valence-electron chi connectivity index (χ2n) is 8.82. The first kappa shape index (κ1) is 23.7. The second kappa shape index (κ2) is 11.6. The molecule has 2 heterocycles. The van der Waals surface area contributed by atoms with Crippen molar-refractivity contribution < 1.29 is 0 Å². The number of nitrogens with one attached hydrogen (secondary N) is 1. The van der Waals surface area contributed by atoms with Crippen molar-refractivity contribution in [1.82, 2.24) is 29.8 Å². The molecule has 0 amide bonds. The van der Waals surface area contributed by atoms with Gasteiger partial charge in [0.25, 0.3) is 0 Å². The van der Waals surface area contributed by atoms with E-state index in [1.165, 1.54) is 12.8 Å². The normalized spacial score (nSPS) is 11.2. The van der Waals surface area contributed by atoms with Crippen molar-refractivity contribution >= 4 is 0 Å². The Hall–Kier alpha value is -3.48. The number of benzene rings is 2. The van der Waals surface area contributed by atoms with Gasteiger partial charge in [0, 0.05) is 24.0 Å². The fourth-order valence-corrected chi connectivity index (χ4v) is 4.38. The number of hydrogen-bond donors (Lipinski definition) is 1. The van der Waals surface area contributed by atoms with Crippen LogP contribution >= 0.6 is 0 Å². The molecule has 0 saturated carbocycles. The molecule has 1 N–H and O–H groups in total. The van der Waals surface area contributed by atoms with Gasteiger partial charge in [-0.25, -0.2) is 4.79 Å². The van der Waals surface area contributed by atoms with E-state index in [-0.39, 0.29) is 5.69 Å². The van der Waals surface area contributed by atoms with Gasteiger partial charge in [0.1, 0.15) is 0 Å². The largest absolute Gasteiger partial charge is 0.328 e. The smallest absolute Gasteiger partial charge is 0.299 e. The molecule has 178 valence electrons. The summed E-state index contributed by atoms with van der Waals surface area (Å²) in [5.74, 6) is 0.576. The third kappa shape index (κ3) is 5.53. The maximum absolute atomic E-state index is 13.2. The molecule has 7 heteroatoms. The molecular weight excluding hydrogens is 424 g/mol. The Balaban J connectivity index is 1.57. The maximum Gasteiger partial charge on any atom is 0.328 e. The minimum atomic E-state index is 0.106. The lowest BCUT2D eigenvalue weighted by Gasteiger charge is -2.10. The van der Waals surface area contributed by atoms with Crippen molar-refractivity contribution in [3.63, 3.8) is 0 Å². The summed E-state index contributed by atoms with van der Waals surface area (Å²) >= 11 is 0. The zero-order chi connectivity index (χ0) is 23.8. The Morgan fingerprint density at radius 2 is 1.62 bits per heavy atom. The maximum atomic E-state index is 13.2. The molecule has 2 aromatic carbocycles. The summed E-state index contributed by atoms with van der Waals surface area (Å²) < 4.78 is 3.87. The van der Waals surface area contributed by atoms with Gasteiger partial charge in [-0.1, -0.05) is 88.1 Å². The highest BCUT2D eigenvalue weighted by Gasteiger charge is 2.13. The van der Waals surface area contributed by atoms with Gasteiger partial charge in [-0.05, 0) is 41.2 Å². The van der Waals surface area contributed by atoms with E-state index in [0.29, 0.717) is 12.4 Å². The summed E-state index contributed by atoms with van der Waals surface area (Å²) in [4.78, 5) is 13.2. The van der Waals surface area contributed by atoms with Crippen LogP contribution < -0.4 is 5.69 Å². The summed E-state index contributed by atoms with van der Waals surface area (Å²) in [5.41, 5.74) is 5.43. The quantitative estimate of drug-likeness (QED) is 0.286. The number of unbranched alkanes of at least 4 members (excludes halogenated alkanes) is 4. The van der Waals surface area contributed by atoms with Crippen LogP contribution in [-0.2, 0) is 19.5 Å². The molecule has 0 radical (unpaired) electrons. The zero-order valence-electron chi connectivity index (χ0n) is 20.2. The number of rotatable bonds is 12. The molecule has 0 unspecified atom stereocenters. The van der Waals surface area contributed by atoms with Crippen LogP contribution in [-0.4, -0.2) is 29.8 Å². The van der Waals surface area contributed by atoms with E-state index in [2.05, 4.69) is 71.0 Å². The van der Waals surface area contributed by atoms with Crippen molar-refractivity contribution in [2.24, 2.45) is 0 Å². The third-order valence-electron chi connectivity index (χ3n) is 6.29. The molecule has 0 saturated heterocycles. The number of hydrogen-bond acceptors (Lipinski definition) is 4. The first-order chi connectivity index (χ1) is 16.7. The summed E-state index contributed by atoms with van der Waals surface area (Å²) in [7, 11) is 0. The molecule has 4 aromatic rings. The molecule has 2 aromatic heterocycles. The molecule has 0 atom stereocenters. The topological polar surface area (TPSA) is 81.4 Å². The van der Waals surface area contributed by atoms with E-state index in [4.69, 9.17) is 0 Å². The number of aromatic nitrogens is 6. The van der Waals surface area contributed by atoms with E-state index in [1.807, 2.05) is 27.3 Å². The highest BCUT2D eigenvalue weighted by molar-refractivity contribution is 5.80. The van der Waals surface area contributed by atoms with Gasteiger partial charge in [-0.2, -0.15) is 5.21 Å². The van der Waals surface area contributed by atoms with E-state index >= 15 is 0 Å². The van der Waals surface area contributed by atoms with Crippen molar-refractivity contribution in [3.8, 4) is 22.5 Å². The monoisotopic (exact) mass is 458 g/mol. The van der Waals surface area contributed by atoms with Crippen LogP contribution in [0.15, 0.2) is 59.5 Å². The molecule has 0 bridgehead atoms.